The third kappa shape index (κ3) is 2.55. The number of ether oxygens (including phenoxy) is 2. The van der Waals surface area contributed by atoms with Crippen LogP contribution >= 0.6 is 0 Å². The van der Waals surface area contributed by atoms with Gasteiger partial charge in [-0.25, -0.2) is 9.59 Å². The molecule has 2 N–H and O–H groups in total. The van der Waals surface area contributed by atoms with E-state index in [1.807, 2.05) is 0 Å². The zero-order valence-corrected chi connectivity index (χ0v) is 12.3. The van der Waals surface area contributed by atoms with Crippen molar-refractivity contribution in [2.75, 3.05) is 13.2 Å². The normalized spacial score (nSPS) is 10.5. The van der Waals surface area contributed by atoms with Crippen molar-refractivity contribution >= 4 is 22.7 Å². The molecule has 22 heavy (non-hydrogen) atoms. The first-order valence-electron chi connectivity index (χ1n) is 6.83. The van der Waals surface area contributed by atoms with Gasteiger partial charge < -0.3 is 19.7 Å². The van der Waals surface area contributed by atoms with Crippen molar-refractivity contribution in [1.82, 2.24) is 0 Å². The predicted molar refractivity (Wildman–Crippen MR) is 79.7 cm³/mol. The summed E-state index contributed by atoms with van der Waals surface area (Å²) in [4.78, 5) is 23.7. The van der Waals surface area contributed by atoms with Gasteiger partial charge in [0.15, 0.2) is 0 Å². The second-order valence-corrected chi connectivity index (χ2v) is 4.43. The molecule has 0 aliphatic rings. The number of esters is 1. The van der Waals surface area contributed by atoms with Gasteiger partial charge in [0.25, 0.3) is 0 Å². The van der Waals surface area contributed by atoms with Gasteiger partial charge in [-0.15, -0.1) is 0 Å². The molecule has 0 fully saturated rings. The largest absolute Gasteiger partial charge is 0.506 e. The lowest BCUT2D eigenvalue weighted by Gasteiger charge is -2.16. The van der Waals surface area contributed by atoms with Crippen LogP contribution in [0.3, 0.4) is 0 Å². The average molecular weight is 304 g/mol. The molecular weight excluding hydrogens is 288 g/mol. The Labute approximate surface area is 126 Å². The number of hydrogen-bond donors (Lipinski definition) is 2. The Bertz CT molecular complexity index is 735. The number of carbonyl (C=O) groups excluding carboxylic acids is 1. The minimum Gasteiger partial charge on any atom is -0.506 e. The molecule has 2 aromatic carbocycles. The quantitative estimate of drug-likeness (QED) is 0.825. The van der Waals surface area contributed by atoms with Gasteiger partial charge in [0.2, 0.25) is 0 Å². The highest BCUT2D eigenvalue weighted by Crippen LogP contribution is 2.40. The lowest BCUT2D eigenvalue weighted by atomic mass is 9.97. The second-order valence-electron chi connectivity index (χ2n) is 4.43. The number of benzene rings is 2. The smallest absolute Gasteiger partial charge is 0.342 e. The number of hydrogen-bond acceptors (Lipinski definition) is 5. The van der Waals surface area contributed by atoms with Crippen LogP contribution in [0.25, 0.3) is 10.8 Å². The summed E-state index contributed by atoms with van der Waals surface area (Å²) in [5.41, 5.74) is -0.784. The summed E-state index contributed by atoms with van der Waals surface area (Å²) < 4.78 is 10.4. The molecule has 0 spiro atoms. The SMILES string of the molecule is CCOC(=O)c1c(C(=O)O)c(O)c2ccccc2c1OCC. The van der Waals surface area contributed by atoms with Crippen molar-refractivity contribution < 1.29 is 29.3 Å². The number of aromatic carboxylic acids is 1. The number of fused-ring (bicyclic) bond motifs is 1. The maximum atomic E-state index is 12.2. The Morgan fingerprint density at radius 2 is 1.68 bits per heavy atom. The van der Waals surface area contributed by atoms with Crippen LogP contribution < -0.4 is 4.74 Å². The molecule has 0 saturated heterocycles. The van der Waals surface area contributed by atoms with Crippen molar-refractivity contribution in [1.29, 1.82) is 0 Å². The van der Waals surface area contributed by atoms with Crippen molar-refractivity contribution in [2.45, 2.75) is 13.8 Å². The van der Waals surface area contributed by atoms with Gasteiger partial charge in [-0.05, 0) is 13.8 Å². The van der Waals surface area contributed by atoms with E-state index in [-0.39, 0.29) is 24.5 Å². The molecule has 0 radical (unpaired) electrons. The maximum absolute atomic E-state index is 12.2. The van der Waals surface area contributed by atoms with Crippen LogP contribution in [0.15, 0.2) is 24.3 Å². The van der Waals surface area contributed by atoms with E-state index in [0.717, 1.165) is 0 Å². The number of carbonyl (C=O) groups is 2. The van der Waals surface area contributed by atoms with E-state index in [0.29, 0.717) is 10.8 Å². The summed E-state index contributed by atoms with van der Waals surface area (Å²) in [7, 11) is 0. The van der Waals surface area contributed by atoms with Gasteiger partial charge in [-0.1, -0.05) is 24.3 Å². The minimum absolute atomic E-state index is 0.0804. The van der Waals surface area contributed by atoms with E-state index in [1.165, 1.54) is 0 Å². The number of rotatable bonds is 5. The zero-order chi connectivity index (χ0) is 16.3. The predicted octanol–water partition coefficient (Wildman–Crippen LogP) is 2.82. The van der Waals surface area contributed by atoms with Crippen LogP contribution in [0.2, 0.25) is 0 Å². The molecular formula is C16H16O6. The van der Waals surface area contributed by atoms with Crippen LogP contribution in [0.4, 0.5) is 0 Å². The fourth-order valence-corrected chi connectivity index (χ4v) is 2.29. The van der Waals surface area contributed by atoms with Gasteiger partial charge in [0.05, 0.1) is 13.2 Å². The van der Waals surface area contributed by atoms with E-state index in [2.05, 4.69) is 0 Å². The van der Waals surface area contributed by atoms with Gasteiger partial charge >= 0.3 is 11.9 Å². The first-order chi connectivity index (χ1) is 10.5. The zero-order valence-electron chi connectivity index (χ0n) is 12.3. The summed E-state index contributed by atoms with van der Waals surface area (Å²) in [5, 5.41) is 20.4. The monoisotopic (exact) mass is 304 g/mol. The number of aromatic hydroxyl groups is 1. The Hall–Kier alpha value is -2.76. The molecule has 0 heterocycles. The average Bonchev–Trinajstić information content (AvgIpc) is 2.49. The fraction of sp³-hybridized carbons (Fsp3) is 0.250. The van der Waals surface area contributed by atoms with Gasteiger partial charge in [0, 0.05) is 10.8 Å². The highest BCUT2D eigenvalue weighted by molar-refractivity contribution is 6.14. The highest BCUT2D eigenvalue weighted by atomic mass is 16.5. The lowest BCUT2D eigenvalue weighted by molar-refractivity contribution is 0.0509. The van der Waals surface area contributed by atoms with E-state index in [1.54, 1.807) is 38.1 Å². The summed E-state index contributed by atoms with van der Waals surface area (Å²) in [6, 6.07) is 6.58. The Kier molecular flexibility index (Phi) is 4.50. The summed E-state index contributed by atoms with van der Waals surface area (Å²) in [6.45, 7) is 3.65. The Balaban J connectivity index is 2.93. The molecule has 0 bridgehead atoms. The third-order valence-electron chi connectivity index (χ3n) is 3.12. The molecule has 6 nitrogen and oxygen atoms in total. The molecule has 0 aromatic heterocycles. The molecule has 0 unspecified atom stereocenters. The molecule has 0 amide bonds. The summed E-state index contributed by atoms with van der Waals surface area (Å²) in [5.74, 6) is -2.64. The van der Waals surface area contributed by atoms with E-state index in [4.69, 9.17) is 9.47 Å². The summed E-state index contributed by atoms with van der Waals surface area (Å²) in [6.07, 6.45) is 0. The van der Waals surface area contributed by atoms with Gasteiger partial charge in [-0.3, -0.25) is 0 Å². The lowest BCUT2D eigenvalue weighted by Crippen LogP contribution is -2.15. The number of carboxylic acids is 1. The standard InChI is InChI=1S/C16H16O6/c1-3-21-14-10-8-6-5-7-9(10)13(17)11(15(18)19)12(14)16(20)22-4-2/h5-8,17H,3-4H2,1-2H3,(H,18,19). The van der Waals surface area contributed by atoms with Crippen LogP contribution in [-0.4, -0.2) is 35.4 Å². The Morgan fingerprint density at radius 3 is 2.23 bits per heavy atom. The molecule has 0 aliphatic heterocycles. The topological polar surface area (TPSA) is 93.1 Å². The van der Waals surface area contributed by atoms with Crippen molar-refractivity contribution in [3.8, 4) is 11.5 Å². The molecule has 0 saturated carbocycles. The van der Waals surface area contributed by atoms with Crippen LogP contribution in [0, 0.1) is 0 Å². The minimum atomic E-state index is -1.42. The molecule has 0 aliphatic carbocycles. The fourth-order valence-electron chi connectivity index (χ4n) is 2.29. The van der Waals surface area contributed by atoms with E-state index in [9.17, 15) is 19.8 Å². The van der Waals surface area contributed by atoms with Crippen LogP contribution in [-0.2, 0) is 4.74 Å². The highest BCUT2D eigenvalue weighted by Gasteiger charge is 2.29. The van der Waals surface area contributed by atoms with E-state index >= 15 is 0 Å². The molecule has 116 valence electrons. The summed E-state index contributed by atoms with van der Waals surface area (Å²) >= 11 is 0. The van der Waals surface area contributed by atoms with Gasteiger partial charge in [0.1, 0.15) is 22.6 Å². The van der Waals surface area contributed by atoms with Crippen molar-refractivity contribution in [3.05, 3.63) is 35.4 Å². The first-order valence-corrected chi connectivity index (χ1v) is 6.83. The molecule has 2 aromatic rings. The third-order valence-corrected chi connectivity index (χ3v) is 3.12. The van der Waals surface area contributed by atoms with Crippen molar-refractivity contribution in [3.63, 3.8) is 0 Å². The number of carboxylic acid groups (broad SMARTS) is 1. The van der Waals surface area contributed by atoms with Crippen LogP contribution in [0.1, 0.15) is 34.6 Å². The van der Waals surface area contributed by atoms with E-state index < -0.39 is 23.3 Å². The van der Waals surface area contributed by atoms with Crippen LogP contribution in [0.5, 0.6) is 11.5 Å². The second kappa shape index (κ2) is 6.34. The first kappa shape index (κ1) is 15.6. The van der Waals surface area contributed by atoms with Crippen molar-refractivity contribution in [2.24, 2.45) is 0 Å². The maximum Gasteiger partial charge on any atom is 0.342 e. The van der Waals surface area contributed by atoms with Gasteiger partial charge in [-0.2, -0.15) is 0 Å². The molecule has 2 rings (SSSR count). The molecule has 6 heteroatoms. The Morgan fingerprint density at radius 1 is 1.05 bits per heavy atom. The molecule has 0 atom stereocenters. The number of phenols is 1.